The number of fused-ring (bicyclic) bond motifs is 1. The first kappa shape index (κ1) is 14.7. The monoisotopic (exact) mass is 321 g/mol. The van der Waals surface area contributed by atoms with Gasteiger partial charge in [0, 0.05) is 36.1 Å². The molecule has 2 heterocycles. The molecular weight excluding hydrogens is 302 g/mol. The summed E-state index contributed by atoms with van der Waals surface area (Å²) < 4.78 is 2.00. The van der Waals surface area contributed by atoms with Gasteiger partial charge in [-0.25, -0.2) is 9.97 Å². The van der Waals surface area contributed by atoms with Gasteiger partial charge >= 0.3 is 0 Å². The fourth-order valence-electron chi connectivity index (χ4n) is 2.71. The second-order valence-electron chi connectivity index (χ2n) is 5.97. The summed E-state index contributed by atoms with van der Waals surface area (Å²) in [6.45, 7) is 2.82. The molecule has 3 aromatic rings. The molecule has 0 spiro atoms. The molecule has 6 heteroatoms. The number of carbonyl (C=O) groups is 1. The van der Waals surface area contributed by atoms with Gasteiger partial charge in [0.05, 0.1) is 11.9 Å². The molecule has 0 saturated heterocycles. The van der Waals surface area contributed by atoms with Gasteiger partial charge in [-0.15, -0.1) is 0 Å². The summed E-state index contributed by atoms with van der Waals surface area (Å²) >= 11 is 0. The second kappa shape index (κ2) is 5.96. The lowest BCUT2D eigenvalue weighted by atomic mass is 10.1. The van der Waals surface area contributed by atoms with E-state index in [1.165, 1.54) is 0 Å². The zero-order valence-electron chi connectivity index (χ0n) is 13.5. The first-order valence-corrected chi connectivity index (χ1v) is 8.23. The maximum atomic E-state index is 12.1. The number of rotatable bonds is 5. The van der Waals surface area contributed by atoms with Crippen molar-refractivity contribution in [3.63, 3.8) is 0 Å². The van der Waals surface area contributed by atoms with Gasteiger partial charge in [0.25, 0.3) is 5.91 Å². The molecule has 6 nitrogen and oxygen atoms in total. The highest BCUT2D eigenvalue weighted by Crippen LogP contribution is 2.24. The van der Waals surface area contributed by atoms with Crippen LogP contribution in [0.15, 0.2) is 42.9 Å². The van der Waals surface area contributed by atoms with Gasteiger partial charge in [-0.05, 0) is 31.9 Å². The highest BCUT2D eigenvalue weighted by atomic mass is 16.1. The van der Waals surface area contributed by atoms with Crippen molar-refractivity contribution >= 4 is 17.4 Å². The summed E-state index contributed by atoms with van der Waals surface area (Å²) in [5.74, 6) is 0.771. The smallest absolute Gasteiger partial charge is 0.251 e. The largest absolute Gasteiger partial charge is 0.367 e. The van der Waals surface area contributed by atoms with E-state index in [0.29, 0.717) is 11.6 Å². The lowest BCUT2D eigenvalue weighted by molar-refractivity contribution is 0.0951. The number of imidazole rings is 1. The van der Waals surface area contributed by atoms with E-state index < -0.39 is 0 Å². The summed E-state index contributed by atoms with van der Waals surface area (Å²) in [4.78, 5) is 20.9. The molecule has 4 rings (SSSR count). The Morgan fingerprint density at radius 3 is 2.75 bits per heavy atom. The quantitative estimate of drug-likeness (QED) is 0.758. The van der Waals surface area contributed by atoms with Crippen molar-refractivity contribution in [3.05, 3.63) is 48.4 Å². The first-order chi connectivity index (χ1) is 11.8. The van der Waals surface area contributed by atoms with Gasteiger partial charge in [0.2, 0.25) is 0 Å². The second-order valence-corrected chi connectivity index (χ2v) is 5.97. The Balaban J connectivity index is 1.64. The highest BCUT2D eigenvalue weighted by molar-refractivity contribution is 5.95. The number of anilines is 1. The maximum absolute atomic E-state index is 12.1. The van der Waals surface area contributed by atoms with E-state index in [0.717, 1.165) is 42.1 Å². The van der Waals surface area contributed by atoms with Crippen LogP contribution in [0, 0.1) is 0 Å². The standard InChI is InChI=1S/C18H19N5O/c1-2-19-16-17-21-11-15(23(17)10-9-20-16)12-3-5-13(6-4-12)18(24)22-14-7-8-14/h3-6,9-11,14H,2,7-8H2,1H3,(H,19,20)(H,22,24). The Labute approximate surface area is 139 Å². The Morgan fingerprint density at radius 2 is 2.04 bits per heavy atom. The van der Waals surface area contributed by atoms with E-state index in [1.807, 2.05) is 48.0 Å². The summed E-state index contributed by atoms with van der Waals surface area (Å²) in [6.07, 6.45) is 7.67. The molecule has 0 radical (unpaired) electrons. The van der Waals surface area contributed by atoms with Crippen LogP contribution in [-0.4, -0.2) is 32.9 Å². The minimum atomic E-state index is 0.000763. The third-order valence-electron chi connectivity index (χ3n) is 4.13. The molecular formula is C18H19N5O. The van der Waals surface area contributed by atoms with Crippen LogP contribution in [0.5, 0.6) is 0 Å². The van der Waals surface area contributed by atoms with E-state index in [-0.39, 0.29) is 5.91 Å². The van der Waals surface area contributed by atoms with Crippen LogP contribution in [0.25, 0.3) is 16.9 Å². The van der Waals surface area contributed by atoms with Crippen molar-refractivity contribution < 1.29 is 4.79 Å². The molecule has 1 fully saturated rings. The minimum absolute atomic E-state index is 0.000763. The molecule has 1 aliphatic carbocycles. The number of nitrogens with one attached hydrogen (secondary N) is 2. The van der Waals surface area contributed by atoms with Crippen LogP contribution in [0.4, 0.5) is 5.82 Å². The van der Waals surface area contributed by atoms with Gasteiger partial charge in [0.1, 0.15) is 0 Å². The highest BCUT2D eigenvalue weighted by Gasteiger charge is 2.23. The normalized spacial score (nSPS) is 13.9. The molecule has 1 aromatic carbocycles. The van der Waals surface area contributed by atoms with E-state index in [2.05, 4.69) is 20.6 Å². The van der Waals surface area contributed by atoms with Gasteiger partial charge in [-0.3, -0.25) is 9.20 Å². The molecule has 2 aromatic heterocycles. The van der Waals surface area contributed by atoms with E-state index in [4.69, 9.17) is 0 Å². The van der Waals surface area contributed by atoms with Crippen LogP contribution in [0.1, 0.15) is 30.1 Å². The number of nitrogens with zero attached hydrogens (tertiary/aromatic N) is 3. The molecule has 122 valence electrons. The summed E-state index contributed by atoms with van der Waals surface area (Å²) in [6, 6.07) is 8.00. The van der Waals surface area contributed by atoms with Crippen LogP contribution in [-0.2, 0) is 0 Å². The fraction of sp³-hybridized carbons (Fsp3) is 0.278. The van der Waals surface area contributed by atoms with Crippen LogP contribution < -0.4 is 10.6 Å². The summed E-state index contributed by atoms with van der Waals surface area (Å²) in [5.41, 5.74) is 3.47. The van der Waals surface area contributed by atoms with Crippen molar-refractivity contribution in [2.24, 2.45) is 0 Å². The van der Waals surface area contributed by atoms with Gasteiger partial charge in [-0.1, -0.05) is 12.1 Å². The predicted molar refractivity (Wildman–Crippen MR) is 93.1 cm³/mol. The van der Waals surface area contributed by atoms with Gasteiger partial charge < -0.3 is 10.6 Å². The van der Waals surface area contributed by atoms with Crippen molar-refractivity contribution in [3.8, 4) is 11.3 Å². The third kappa shape index (κ3) is 2.71. The summed E-state index contributed by atoms with van der Waals surface area (Å²) in [7, 11) is 0. The molecule has 0 atom stereocenters. The van der Waals surface area contributed by atoms with Gasteiger partial charge in [0.15, 0.2) is 11.5 Å². The Bertz CT molecular complexity index is 880. The van der Waals surface area contributed by atoms with Crippen LogP contribution in [0.2, 0.25) is 0 Å². The molecule has 0 aliphatic heterocycles. The Morgan fingerprint density at radius 1 is 1.25 bits per heavy atom. The molecule has 24 heavy (non-hydrogen) atoms. The number of amides is 1. The lowest BCUT2D eigenvalue weighted by Gasteiger charge is -2.07. The van der Waals surface area contributed by atoms with Crippen molar-refractivity contribution in [1.29, 1.82) is 0 Å². The number of aromatic nitrogens is 3. The zero-order chi connectivity index (χ0) is 16.5. The number of benzene rings is 1. The van der Waals surface area contributed by atoms with Crippen molar-refractivity contribution in [2.45, 2.75) is 25.8 Å². The van der Waals surface area contributed by atoms with Gasteiger partial charge in [-0.2, -0.15) is 0 Å². The average molecular weight is 321 g/mol. The van der Waals surface area contributed by atoms with Crippen molar-refractivity contribution in [1.82, 2.24) is 19.7 Å². The molecule has 1 aliphatic rings. The molecule has 1 amide bonds. The molecule has 1 saturated carbocycles. The number of hydrogen-bond donors (Lipinski definition) is 2. The van der Waals surface area contributed by atoms with E-state index >= 15 is 0 Å². The topological polar surface area (TPSA) is 71.3 Å². The fourth-order valence-corrected chi connectivity index (χ4v) is 2.71. The van der Waals surface area contributed by atoms with Crippen LogP contribution >= 0.6 is 0 Å². The third-order valence-corrected chi connectivity index (χ3v) is 4.13. The first-order valence-electron chi connectivity index (χ1n) is 8.23. The number of carbonyl (C=O) groups excluding carboxylic acids is 1. The average Bonchev–Trinajstić information content (AvgIpc) is 3.31. The SMILES string of the molecule is CCNc1nccn2c(-c3ccc(C(=O)NC4CC4)cc3)cnc12. The van der Waals surface area contributed by atoms with Crippen molar-refractivity contribution in [2.75, 3.05) is 11.9 Å². The maximum Gasteiger partial charge on any atom is 0.251 e. The van der Waals surface area contributed by atoms with E-state index in [9.17, 15) is 4.79 Å². The molecule has 0 bridgehead atoms. The number of hydrogen-bond acceptors (Lipinski definition) is 4. The lowest BCUT2D eigenvalue weighted by Crippen LogP contribution is -2.25. The Kier molecular flexibility index (Phi) is 3.65. The minimum Gasteiger partial charge on any atom is -0.367 e. The van der Waals surface area contributed by atoms with E-state index in [1.54, 1.807) is 6.20 Å². The van der Waals surface area contributed by atoms with Crippen LogP contribution in [0.3, 0.4) is 0 Å². The zero-order valence-corrected chi connectivity index (χ0v) is 13.5. The molecule has 2 N–H and O–H groups in total. The molecule has 0 unspecified atom stereocenters. The summed E-state index contributed by atoms with van der Waals surface area (Å²) in [5, 5.41) is 6.22. The Hall–Kier alpha value is -2.89. The predicted octanol–water partition coefficient (Wildman–Crippen LogP) is 2.72.